The zero-order valence-corrected chi connectivity index (χ0v) is 12.5. The monoisotopic (exact) mass is 271 g/mol. The van der Waals surface area contributed by atoms with Crippen LogP contribution in [-0.4, -0.2) is 32.6 Å². The lowest BCUT2D eigenvalue weighted by atomic mass is 10.1. The highest BCUT2D eigenvalue weighted by Gasteiger charge is 2.28. The Bertz CT molecular complexity index is 601. The number of hydrogen-bond donors (Lipinski definition) is 0. The molecule has 2 aromatic rings. The number of aryl methyl sites for hydroxylation is 2. The van der Waals surface area contributed by atoms with Crippen molar-refractivity contribution in [3.05, 3.63) is 29.6 Å². The molecular formula is C15H21N5. The lowest BCUT2D eigenvalue weighted by Gasteiger charge is -2.23. The SMILES string of the molecule is Cc1cc(C)n(-c2ccc(N3CCC(C)C3C)nn2)n1. The Morgan fingerprint density at radius 2 is 1.80 bits per heavy atom. The van der Waals surface area contributed by atoms with Crippen LogP contribution in [0.3, 0.4) is 0 Å². The summed E-state index contributed by atoms with van der Waals surface area (Å²) >= 11 is 0. The van der Waals surface area contributed by atoms with E-state index in [-0.39, 0.29) is 0 Å². The zero-order chi connectivity index (χ0) is 14.3. The van der Waals surface area contributed by atoms with Crippen molar-refractivity contribution in [1.29, 1.82) is 0 Å². The van der Waals surface area contributed by atoms with E-state index in [1.54, 1.807) is 0 Å². The molecule has 3 rings (SSSR count). The predicted molar refractivity (Wildman–Crippen MR) is 79.2 cm³/mol. The van der Waals surface area contributed by atoms with Gasteiger partial charge in [-0.3, -0.25) is 0 Å². The fourth-order valence-electron chi connectivity index (χ4n) is 2.86. The topological polar surface area (TPSA) is 46.8 Å². The minimum atomic E-state index is 0.531. The average molecular weight is 271 g/mol. The molecule has 1 aliphatic rings. The molecule has 0 spiro atoms. The molecule has 0 aliphatic carbocycles. The Hall–Kier alpha value is -1.91. The van der Waals surface area contributed by atoms with Crippen LogP contribution in [0.4, 0.5) is 5.82 Å². The Morgan fingerprint density at radius 3 is 2.30 bits per heavy atom. The van der Waals surface area contributed by atoms with Gasteiger partial charge < -0.3 is 4.90 Å². The third-order valence-corrected chi connectivity index (χ3v) is 4.30. The van der Waals surface area contributed by atoms with Gasteiger partial charge >= 0.3 is 0 Å². The number of nitrogens with zero attached hydrogens (tertiary/aromatic N) is 5. The third kappa shape index (κ3) is 2.17. The minimum absolute atomic E-state index is 0.531. The summed E-state index contributed by atoms with van der Waals surface area (Å²) < 4.78 is 1.84. The van der Waals surface area contributed by atoms with Gasteiger partial charge in [-0.25, -0.2) is 4.68 Å². The Labute approximate surface area is 119 Å². The molecule has 0 saturated carbocycles. The van der Waals surface area contributed by atoms with E-state index < -0.39 is 0 Å². The summed E-state index contributed by atoms with van der Waals surface area (Å²) in [5.41, 5.74) is 2.07. The van der Waals surface area contributed by atoms with E-state index in [2.05, 4.69) is 34.0 Å². The van der Waals surface area contributed by atoms with E-state index in [0.29, 0.717) is 12.0 Å². The van der Waals surface area contributed by atoms with Gasteiger partial charge in [-0.2, -0.15) is 5.10 Å². The predicted octanol–water partition coefficient (Wildman–Crippen LogP) is 2.51. The van der Waals surface area contributed by atoms with Gasteiger partial charge in [0, 0.05) is 18.3 Å². The van der Waals surface area contributed by atoms with Crippen LogP contribution < -0.4 is 4.90 Å². The number of rotatable bonds is 2. The summed E-state index contributed by atoms with van der Waals surface area (Å²) in [6, 6.07) is 6.62. The highest BCUT2D eigenvalue weighted by Crippen LogP contribution is 2.27. The smallest absolute Gasteiger partial charge is 0.176 e. The first kappa shape index (κ1) is 13.1. The fourth-order valence-corrected chi connectivity index (χ4v) is 2.86. The van der Waals surface area contributed by atoms with Crippen LogP contribution in [0.1, 0.15) is 31.7 Å². The van der Waals surface area contributed by atoms with Crippen molar-refractivity contribution in [3.8, 4) is 5.82 Å². The van der Waals surface area contributed by atoms with Crippen LogP contribution in [-0.2, 0) is 0 Å². The van der Waals surface area contributed by atoms with Gasteiger partial charge in [0.1, 0.15) is 0 Å². The fraction of sp³-hybridized carbons (Fsp3) is 0.533. The summed E-state index contributed by atoms with van der Waals surface area (Å²) in [7, 11) is 0. The molecule has 0 bridgehead atoms. The van der Waals surface area contributed by atoms with Gasteiger partial charge in [0.25, 0.3) is 0 Å². The van der Waals surface area contributed by atoms with Crippen molar-refractivity contribution in [2.75, 3.05) is 11.4 Å². The Morgan fingerprint density at radius 1 is 1.10 bits per heavy atom. The molecule has 1 fully saturated rings. The van der Waals surface area contributed by atoms with Crippen molar-refractivity contribution < 1.29 is 0 Å². The molecule has 20 heavy (non-hydrogen) atoms. The van der Waals surface area contributed by atoms with Crippen molar-refractivity contribution >= 4 is 5.82 Å². The maximum absolute atomic E-state index is 4.44. The Kier molecular flexibility index (Phi) is 3.20. The summed E-state index contributed by atoms with van der Waals surface area (Å²) in [6.45, 7) is 9.63. The molecule has 0 radical (unpaired) electrons. The normalized spacial score (nSPS) is 22.5. The maximum atomic E-state index is 4.44. The summed E-state index contributed by atoms with van der Waals surface area (Å²) in [6.07, 6.45) is 1.22. The van der Waals surface area contributed by atoms with E-state index in [1.807, 2.05) is 36.7 Å². The minimum Gasteiger partial charge on any atom is -0.352 e. The Balaban J connectivity index is 1.87. The van der Waals surface area contributed by atoms with Crippen LogP contribution in [0.25, 0.3) is 5.82 Å². The lowest BCUT2D eigenvalue weighted by Crippen LogP contribution is -2.30. The van der Waals surface area contributed by atoms with Gasteiger partial charge in [0.2, 0.25) is 0 Å². The number of aromatic nitrogens is 4. The molecular weight excluding hydrogens is 250 g/mol. The van der Waals surface area contributed by atoms with E-state index in [1.165, 1.54) is 6.42 Å². The largest absolute Gasteiger partial charge is 0.352 e. The molecule has 2 aromatic heterocycles. The first-order valence-electron chi connectivity index (χ1n) is 7.20. The third-order valence-electron chi connectivity index (χ3n) is 4.30. The molecule has 1 saturated heterocycles. The van der Waals surface area contributed by atoms with E-state index in [0.717, 1.165) is 29.6 Å². The first-order valence-corrected chi connectivity index (χ1v) is 7.20. The molecule has 0 amide bonds. The van der Waals surface area contributed by atoms with E-state index in [4.69, 9.17) is 0 Å². The number of hydrogen-bond acceptors (Lipinski definition) is 4. The van der Waals surface area contributed by atoms with Crippen molar-refractivity contribution in [2.24, 2.45) is 5.92 Å². The quantitative estimate of drug-likeness (QED) is 0.842. The van der Waals surface area contributed by atoms with Gasteiger partial charge in [-0.1, -0.05) is 6.92 Å². The zero-order valence-electron chi connectivity index (χ0n) is 12.5. The standard InChI is InChI=1S/C15H21N5/c1-10-7-8-19(13(10)4)14-5-6-15(17-16-14)20-12(3)9-11(2)18-20/h5-6,9-10,13H,7-8H2,1-4H3. The van der Waals surface area contributed by atoms with Crippen LogP contribution in [0.2, 0.25) is 0 Å². The van der Waals surface area contributed by atoms with Crippen LogP contribution >= 0.6 is 0 Å². The van der Waals surface area contributed by atoms with E-state index >= 15 is 0 Å². The van der Waals surface area contributed by atoms with Crippen molar-refractivity contribution in [1.82, 2.24) is 20.0 Å². The molecule has 106 valence electrons. The summed E-state index contributed by atoms with van der Waals surface area (Å²) in [4.78, 5) is 2.34. The first-order chi connectivity index (χ1) is 9.56. The second-order valence-corrected chi connectivity index (χ2v) is 5.79. The molecule has 5 heteroatoms. The molecule has 5 nitrogen and oxygen atoms in total. The van der Waals surface area contributed by atoms with Crippen molar-refractivity contribution in [3.63, 3.8) is 0 Å². The molecule has 0 N–H and O–H groups in total. The van der Waals surface area contributed by atoms with Crippen molar-refractivity contribution in [2.45, 2.75) is 40.2 Å². The highest BCUT2D eigenvalue weighted by atomic mass is 15.4. The van der Waals surface area contributed by atoms with E-state index in [9.17, 15) is 0 Å². The molecule has 3 heterocycles. The summed E-state index contributed by atoms with van der Waals surface area (Å²) in [5, 5.41) is 13.2. The summed E-state index contributed by atoms with van der Waals surface area (Å²) in [5.74, 6) is 2.46. The number of anilines is 1. The second kappa shape index (κ2) is 4.89. The van der Waals surface area contributed by atoms with Crippen LogP contribution in [0, 0.1) is 19.8 Å². The van der Waals surface area contributed by atoms with Crippen LogP contribution in [0.15, 0.2) is 18.2 Å². The molecule has 0 aromatic carbocycles. The second-order valence-electron chi connectivity index (χ2n) is 5.79. The van der Waals surface area contributed by atoms with Gasteiger partial charge in [-0.05, 0) is 51.3 Å². The average Bonchev–Trinajstić information content (AvgIpc) is 2.94. The van der Waals surface area contributed by atoms with Gasteiger partial charge in [-0.15, -0.1) is 10.2 Å². The highest BCUT2D eigenvalue weighted by molar-refractivity contribution is 5.42. The molecule has 1 aliphatic heterocycles. The van der Waals surface area contributed by atoms with Gasteiger partial charge in [0.15, 0.2) is 11.6 Å². The molecule has 2 atom stereocenters. The lowest BCUT2D eigenvalue weighted by molar-refractivity contribution is 0.543. The van der Waals surface area contributed by atoms with Gasteiger partial charge in [0.05, 0.1) is 5.69 Å². The van der Waals surface area contributed by atoms with Crippen LogP contribution in [0.5, 0.6) is 0 Å². The maximum Gasteiger partial charge on any atom is 0.176 e. The molecule has 2 unspecified atom stereocenters.